The molecular weight excluding hydrogens is 781 g/mol. The molecule has 14 rings (SSSR count). The highest BCUT2D eigenvalue weighted by Crippen LogP contribution is 2.48. The van der Waals surface area contributed by atoms with E-state index in [1.165, 1.54) is 118 Å². The van der Waals surface area contributed by atoms with Crippen molar-refractivity contribution in [1.82, 2.24) is 9.13 Å². The van der Waals surface area contributed by atoms with E-state index in [1.54, 1.807) is 0 Å². The van der Waals surface area contributed by atoms with Crippen LogP contribution in [0.5, 0.6) is 0 Å². The Hall–Kier alpha value is -7.98. The van der Waals surface area contributed by atoms with Gasteiger partial charge in [-0.25, -0.2) is 0 Å². The first kappa shape index (κ1) is 34.7. The van der Waals surface area contributed by atoms with E-state index in [9.17, 15) is 0 Å². The van der Waals surface area contributed by atoms with Crippen LogP contribution in [0, 0.1) is 0 Å². The fourth-order valence-corrected chi connectivity index (χ4v) is 11.9. The summed E-state index contributed by atoms with van der Waals surface area (Å²) in [5.41, 5.74) is 12.1. The van der Waals surface area contributed by atoms with Crippen LogP contribution in [-0.2, 0) is 0 Å². The fourth-order valence-electron chi connectivity index (χ4n) is 10.8. The van der Waals surface area contributed by atoms with Crippen molar-refractivity contribution in [3.8, 4) is 33.6 Å². The van der Waals surface area contributed by atoms with Gasteiger partial charge in [-0.05, 0) is 121 Å². The normalized spacial score (nSPS) is 12.1. The maximum absolute atomic E-state index is 2.47. The summed E-state index contributed by atoms with van der Waals surface area (Å²) in [5, 5.41) is 15.0. The fraction of sp³-hybridized carbons (Fsp3) is 0. The molecule has 63 heavy (non-hydrogen) atoms. The standard InChI is InChI=1S/C60H36N2S/c1-2-16-41-37(14-1)15-13-22-47(41)60-49-32-30-39(61-53-23-8-3-17-42(53)43-18-4-9-24-54(43)61)35-51(49)59(38-28-33-58-50(34-38)46-21-7-12-27-57(46)63-58)48-31-29-40(36-52(48)60)62-55-25-10-5-19-44(55)45-20-6-11-26-56(45)62/h1-36H. The Morgan fingerprint density at radius 1 is 0.270 bits per heavy atom. The Morgan fingerprint density at radius 2 is 0.730 bits per heavy atom. The van der Waals surface area contributed by atoms with Crippen molar-refractivity contribution in [2.24, 2.45) is 0 Å². The van der Waals surface area contributed by atoms with Crippen molar-refractivity contribution in [2.45, 2.75) is 0 Å². The van der Waals surface area contributed by atoms with Crippen molar-refractivity contribution in [3.05, 3.63) is 218 Å². The third-order valence-corrected chi connectivity index (χ3v) is 14.6. The lowest BCUT2D eigenvalue weighted by molar-refractivity contribution is 1.18. The molecule has 0 N–H and O–H groups in total. The predicted molar refractivity (Wildman–Crippen MR) is 271 cm³/mol. The van der Waals surface area contributed by atoms with Gasteiger partial charge in [0.25, 0.3) is 0 Å². The van der Waals surface area contributed by atoms with Gasteiger partial charge >= 0.3 is 0 Å². The van der Waals surface area contributed by atoms with Gasteiger partial charge in [0.2, 0.25) is 0 Å². The second kappa shape index (κ2) is 13.3. The molecule has 3 heteroatoms. The Kier molecular flexibility index (Phi) is 7.30. The summed E-state index contributed by atoms with van der Waals surface area (Å²) in [5.74, 6) is 0. The number of aromatic nitrogens is 2. The molecule has 0 aliphatic rings. The predicted octanol–water partition coefficient (Wildman–Crippen LogP) is 17.0. The van der Waals surface area contributed by atoms with Crippen LogP contribution < -0.4 is 0 Å². The lowest BCUT2D eigenvalue weighted by Crippen LogP contribution is -1.98. The Balaban J connectivity index is 1.16. The number of rotatable bonds is 4. The zero-order valence-corrected chi connectivity index (χ0v) is 34.9. The summed E-state index contributed by atoms with van der Waals surface area (Å²) in [4.78, 5) is 0. The molecule has 0 saturated carbocycles. The van der Waals surface area contributed by atoms with E-state index in [1.807, 2.05) is 11.3 Å². The van der Waals surface area contributed by atoms with E-state index < -0.39 is 0 Å². The molecule has 14 aromatic rings. The summed E-state index contributed by atoms with van der Waals surface area (Å²) in [6.45, 7) is 0. The van der Waals surface area contributed by atoms with Crippen molar-refractivity contribution in [1.29, 1.82) is 0 Å². The quantitative estimate of drug-likeness (QED) is 0.157. The molecule has 292 valence electrons. The summed E-state index contributed by atoms with van der Waals surface area (Å²) in [6, 6.07) is 81.3. The first-order chi connectivity index (χ1) is 31.3. The molecule has 0 amide bonds. The van der Waals surface area contributed by atoms with Gasteiger partial charge in [0.15, 0.2) is 0 Å². The zero-order valence-electron chi connectivity index (χ0n) is 34.1. The van der Waals surface area contributed by atoms with Gasteiger partial charge in [-0.3, -0.25) is 0 Å². The minimum absolute atomic E-state index is 1.15. The van der Waals surface area contributed by atoms with Gasteiger partial charge in [-0.1, -0.05) is 152 Å². The number of hydrogen-bond donors (Lipinski definition) is 0. The van der Waals surface area contributed by atoms with Gasteiger partial charge in [0, 0.05) is 53.1 Å². The maximum Gasteiger partial charge on any atom is 0.0541 e. The third kappa shape index (κ3) is 5.00. The smallest absolute Gasteiger partial charge is 0.0541 e. The largest absolute Gasteiger partial charge is 0.309 e. The van der Waals surface area contributed by atoms with Gasteiger partial charge in [0.1, 0.15) is 0 Å². The Morgan fingerprint density at radius 3 is 1.33 bits per heavy atom. The highest BCUT2D eigenvalue weighted by molar-refractivity contribution is 7.25. The lowest BCUT2D eigenvalue weighted by Gasteiger charge is -2.21. The summed E-state index contributed by atoms with van der Waals surface area (Å²) >= 11 is 1.87. The van der Waals surface area contributed by atoms with Crippen molar-refractivity contribution in [3.63, 3.8) is 0 Å². The number of fused-ring (bicyclic) bond motifs is 12. The highest BCUT2D eigenvalue weighted by Gasteiger charge is 2.22. The van der Waals surface area contributed by atoms with E-state index >= 15 is 0 Å². The van der Waals surface area contributed by atoms with Crippen LogP contribution in [0.25, 0.3) is 130 Å². The molecule has 0 radical (unpaired) electrons. The molecule has 3 heterocycles. The number of para-hydroxylation sites is 4. The van der Waals surface area contributed by atoms with Crippen LogP contribution in [0.1, 0.15) is 0 Å². The first-order valence-corrected chi connectivity index (χ1v) is 22.5. The molecule has 0 spiro atoms. The number of thiophene rings is 1. The van der Waals surface area contributed by atoms with Crippen LogP contribution in [-0.4, -0.2) is 9.13 Å². The molecule has 0 atom stereocenters. The zero-order chi connectivity index (χ0) is 41.2. The number of benzene rings is 11. The molecule has 0 bridgehead atoms. The minimum Gasteiger partial charge on any atom is -0.309 e. The van der Waals surface area contributed by atoms with Crippen LogP contribution in [0.3, 0.4) is 0 Å². The summed E-state index contributed by atoms with van der Waals surface area (Å²) in [7, 11) is 0. The molecule has 0 fully saturated rings. The highest BCUT2D eigenvalue weighted by atomic mass is 32.1. The van der Waals surface area contributed by atoms with Crippen LogP contribution in [0.4, 0.5) is 0 Å². The van der Waals surface area contributed by atoms with E-state index in [0.717, 1.165) is 11.4 Å². The van der Waals surface area contributed by atoms with Crippen molar-refractivity contribution < 1.29 is 0 Å². The SMILES string of the molecule is c1ccc2c(-c3c4ccc(-n5c6ccccc6c6ccccc65)cc4c(-c4ccc5sc6ccccc6c5c4)c4ccc(-n5c6ccccc6c6ccccc65)cc34)cccc2c1. The lowest BCUT2D eigenvalue weighted by atomic mass is 9.84. The molecule has 0 unspecified atom stereocenters. The third-order valence-electron chi connectivity index (χ3n) is 13.5. The molecular formula is C60H36N2S. The molecule has 2 nitrogen and oxygen atoms in total. The van der Waals surface area contributed by atoms with Crippen LogP contribution >= 0.6 is 11.3 Å². The molecule has 0 saturated heterocycles. The second-order valence-corrected chi connectivity index (χ2v) is 17.9. The number of hydrogen-bond acceptors (Lipinski definition) is 1. The molecule has 0 aliphatic carbocycles. The van der Waals surface area contributed by atoms with E-state index in [2.05, 4.69) is 228 Å². The van der Waals surface area contributed by atoms with Gasteiger partial charge in [-0.15, -0.1) is 11.3 Å². The van der Waals surface area contributed by atoms with Gasteiger partial charge in [-0.2, -0.15) is 0 Å². The Bertz CT molecular complexity index is 4100. The summed E-state index contributed by atoms with van der Waals surface area (Å²) < 4.78 is 7.53. The average molecular weight is 817 g/mol. The molecule has 3 aromatic heterocycles. The van der Waals surface area contributed by atoms with Crippen molar-refractivity contribution >= 4 is 107 Å². The van der Waals surface area contributed by atoms with Crippen molar-refractivity contribution in [2.75, 3.05) is 0 Å². The van der Waals surface area contributed by atoms with Crippen LogP contribution in [0.2, 0.25) is 0 Å². The molecule has 11 aromatic carbocycles. The maximum atomic E-state index is 2.47. The van der Waals surface area contributed by atoms with E-state index in [0.29, 0.717) is 0 Å². The summed E-state index contributed by atoms with van der Waals surface area (Å²) in [6.07, 6.45) is 0. The first-order valence-electron chi connectivity index (χ1n) is 21.7. The average Bonchev–Trinajstić information content (AvgIpc) is 4.00. The second-order valence-electron chi connectivity index (χ2n) is 16.8. The van der Waals surface area contributed by atoms with E-state index in [4.69, 9.17) is 0 Å². The van der Waals surface area contributed by atoms with Crippen LogP contribution in [0.15, 0.2) is 218 Å². The van der Waals surface area contributed by atoms with Gasteiger partial charge < -0.3 is 9.13 Å². The minimum atomic E-state index is 1.15. The Labute approximate surface area is 366 Å². The molecule has 0 aliphatic heterocycles. The van der Waals surface area contributed by atoms with E-state index in [-0.39, 0.29) is 0 Å². The number of nitrogens with zero attached hydrogens (tertiary/aromatic N) is 2. The monoisotopic (exact) mass is 816 g/mol. The topological polar surface area (TPSA) is 9.86 Å². The van der Waals surface area contributed by atoms with Gasteiger partial charge in [0.05, 0.1) is 22.1 Å².